The van der Waals surface area contributed by atoms with Crippen LogP contribution in [-0.4, -0.2) is 49.3 Å². The van der Waals surface area contributed by atoms with Gasteiger partial charge in [0.15, 0.2) is 0 Å². The molecule has 0 spiro atoms. The number of aromatic nitrogens is 2. The summed E-state index contributed by atoms with van der Waals surface area (Å²) in [6, 6.07) is 0. The van der Waals surface area contributed by atoms with Gasteiger partial charge in [-0.15, -0.1) is 0 Å². The normalized spacial score (nSPS) is 17.0. The highest BCUT2D eigenvalue weighted by molar-refractivity contribution is 7.09. The van der Waals surface area contributed by atoms with E-state index in [4.69, 9.17) is 4.74 Å². The molecule has 84 valence electrons. The Labute approximate surface area is 93.6 Å². The highest BCUT2D eigenvalue weighted by atomic mass is 32.1. The summed E-state index contributed by atoms with van der Waals surface area (Å²) in [4.78, 5) is 6.78. The van der Waals surface area contributed by atoms with Crippen LogP contribution in [-0.2, 0) is 11.2 Å². The first-order chi connectivity index (χ1) is 7.40. The van der Waals surface area contributed by atoms with Gasteiger partial charge >= 0.3 is 0 Å². The predicted octanol–water partition coefficient (Wildman–Crippen LogP) is 0.137. The van der Waals surface area contributed by atoms with E-state index in [-0.39, 0.29) is 0 Å². The molecule has 1 aliphatic rings. The molecule has 0 saturated carbocycles. The van der Waals surface area contributed by atoms with Crippen LogP contribution in [0.1, 0.15) is 5.82 Å². The van der Waals surface area contributed by atoms with Crippen molar-refractivity contribution in [3.8, 4) is 0 Å². The summed E-state index contributed by atoms with van der Waals surface area (Å²) in [5.74, 6) is 0.899. The molecule has 0 amide bonds. The molecule has 5 nitrogen and oxygen atoms in total. The molecule has 1 aliphatic heterocycles. The summed E-state index contributed by atoms with van der Waals surface area (Å²) in [6.45, 7) is 4.81. The maximum atomic E-state index is 5.00. The molecule has 0 atom stereocenters. The van der Waals surface area contributed by atoms with Gasteiger partial charge in [0.1, 0.15) is 5.82 Å². The summed E-state index contributed by atoms with van der Waals surface area (Å²) < 4.78 is 9.32. The number of hydrogen-bond donors (Lipinski definition) is 1. The summed E-state index contributed by atoms with van der Waals surface area (Å²) in [5.41, 5.74) is 0. The van der Waals surface area contributed by atoms with Crippen molar-refractivity contribution in [1.29, 1.82) is 0 Å². The molecule has 1 aromatic heterocycles. The maximum Gasteiger partial charge on any atom is 0.205 e. The van der Waals surface area contributed by atoms with Gasteiger partial charge in [-0.25, -0.2) is 4.98 Å². The Morgan fingerprint density at radius 3 is 3.00 bits per heavy atom. The summed E-state index contributed by atoms with van der Waals surface area (Å²) in [6.07, 6.45) is 0.805. The van der Waals surface area contributed by atoms with Gasteiger partial charge in [0.2, 0.25) is 5.13 Å². The van der Waals surface area contributed by atoms with Crippen molar-refractivity contribution < 1.29 is 4.74 Å². The molecule has 1 saturated heterocycles. The molecule has 0 aromatic carbocycles. The summed E-state index contributed by atoms with van der Waals surface area (Å²) in [5, 5.41) is 4.36. The van der Waals surface area contributed by atoms with E-state index in [1.54, 1.807) is 7.11 Å². The molecular formula is C9H16N4OS. The number of methoxy groups -OCH3 is 1. The van der Waals surface area contributed by atoms with Crippen molar-refractivity contribution in [2.24, 2.45) is 0 Å². The predicted molar refractivity (Wildman–Crippen MR) is 60.6 cm³/mol. The molecule has 0 radical (unpaired) electrons. The van der Waals surface area contributed by atoms with Gasteiger partial charge < -0.3 is 15.0 Å². The van der Waals surface area contributed by atoms with Crippen LogP contribution in [0, 0.1) is 0 Å². The van der Waals surface area contributed by atoms with E-state index < -0.39 is 0 Å². The smallest absolute Gasteiger partial charge is 0.205 e. The van der Waals surface area contributed by atoms with Crippen molar-refractivity contribution in [3.63, 3.8) is 0 Å². The zero-order chi connectivity index (χ0) is 10.5. The average Bonchev–Trinajstić information content (AvgIpc) is 2.76. The van der Waals surface area contributed by atoms with Crippen LogP contribution in [0.15, 0.2) is 0 Å². The van der Waals surface area contributed by atoms with Crippen molar-refractivity contribution in [3.05, 3.63) is 5.82 Å². The fraction of sp³-hybridized carbons (Fsp3) is 0.778. The van der Waals surface area contributed by atoms with Gasteiger partial charge in [0, 0.05) is 51.2 Å². The Hall–Kier alpha value is -0.720. The second-order valence-corrected chi connectivity index (χ2v) is 4.20. The van der Waals surface area contributed by atoms with Crippen molar-refractivity contribution in [2.75, 3.05) is 44.8 Å². The number of piperazine rings is 1. The van der Waals surface area contributed by atoms with Gasteiger partial charge in [0.25, 0.3) is 0 Å². The molecular weight excluding hydrogens is 212 g/mol. The van der Waals surface area contributed by atoms with Crippen LogP contribution >= 0.6 is 11.5 Å². The zero-order valence-corrected chi connectivity index (χ0v) is 9.72. The number of rotatable bonds is 4. The van der Waals surface area contributed by atoms with E-state index in [0.717, 1.165) is 43.6 Å². The van der Waals surface area contributed by atoms with Crippen LogP contribution in [0.2, 0.25) is 0 Å². The van der Waals surface area contributed by atoms with Gasteiger partial charge in [-0.2, -0.15) is 4.37 Å². The Balaban J connectivity index is 1.93. The lowest BCUT2D eigenvalue weighted by Crippen LogP contribution is -2.43. The monoisotopic (exact) mass is 228 g/mol. The Kier molecular flexibility index (Phi) is 3.87. The standard InChI is InChI=1S/C9H16N4OS/c1-14-7-2-8-11-9(15-12-8)13-5-3-10-4-6-13/h10H,2-7H2,1H3. The molecule has 6 heteroatoms. The van der Waals surface area contributed by atoms with Crippen molar-refractivity contribution >= 4 is 16.7 Å². The number of nitrogens with zero attached hydrogens (tertiary/aromatic N) is 3. The minimum atomic E-state index is 0.692. The van der Waals surface area contributed by atoms with Crippen molar-refractivity contribution in [1.82, 2.24) is 14.7 Å². The highest BCUT2D eigenvalue weighted by Gasteiger charge is 2.14. The van der Waals surface area contributed by atoms with E-state index in [0.29, 0.717) is 6.61 Å². The van der Waals surface area contributed by atoms with Crippen LogP contribution in [0.3, 0.4) is 0 Å². The first-order valence-electron chi connectivity index (χ1n) is 5.17. The molecule has 1 fully saturated rings. The molecule has 1 N–H and O–H groups in total. The molecule has 0 unspecified atom stereocenters. The molecule has 1 aromatic rings. The van der Waals surface area contributed by atoms with Crippen LogP contribution < -0.4 is 10.2 Å². The van der Waals surface area contributed by atoms with Crippen LogP contribution in [0.25, 0.3) is 0 Å². The van der Waals surface area contributed by atoms with E-state index >= 15 is 0 Å². The molecule has 2 heterocycles. The average molecular weight is 228 g/mol. The molecule has 0 bridgehead atoms. The number of anilines is 1. The molecule has 0 aliphatic carbocycles. The fourth-order valence-corrected chi connectivity index (χ4v) is 2.29. The second-order valence-electron chi connectivity index (χ2n) is 3.47. The lowest BCUT2D eigenvalue weighted by molar-refractivity contribution is 0.201. The zero-order valence-electron chi connectivity index (χ0n) is 8.90. The first-order valence-corrected chi connectivity index (χ1v) is 5.94. The number of nitrogens with one attached hydrogen (secondary N) is 1. The largest absolute Gasteiger partial charge is 0.384 e. The van der Waals surface area contributed by atoms with Gasteiger partial charge in [-0.3, -0.25) is 0 Å². The molecule has 15 heavy (non-hydrogen) atoms. The minimum Gasteiger partial charge on any atom is -0.384 e. The Morgan fingerprint density at radius 1 is 1.47 bits per heavy atom. The summed E-state index contributed by atoms with van der Waals surface area (Å²) in [7, 11) is 1.70. The number of hydrogen-bond acceptors (Lipinski definition) is 6. The maximum absolute atomic E-state index is 5.00. The SMILES string of the molecule is COCCc1nsc(N2CCNCC2)n1. The summed E-state index contributed by atoms with van der Waals surface area (Å²) >= 11 is 1.49. The van der Waals surface area contributed by atoms with Gasteiger partial charge in [0.05, 0.1) is 6.61 Å². The van der Waals surface area contributed by atoms with E-state index in [1.165, 1.54) is 11.5 Å². The minimum absolute atomic E-state index is 0.692. The lowest BCUT2D eigenvalue weighted by Gasteiger charge is -2.26. The van der Waals surface area contributed by atoms with Crippen LogP contribution in [0.5, 0.6) is 0 Å². The third kappa shape index (κ3) is 2.87. The Bertz CT molecular complexity index is 298. The van der Waals surface area contributed by atoms with Crippen molar-refractivity contribution in [2.45, 2.75) is 6.42 Å². The van der Waals surface area contributed by atoms with E-state index in [9.17, 15) is 0 Å². The van der Waals surface area contributed by atoms with Gasteiger partial charge in [-0.1, -0.05) is 0 Å². The topological polar surface area (TPSA) is 50.3 Å². The van der Waals surface area contributed by atoms with Crippen LogP contribution in [0.4, 0.5) is 5.13 Å². The molecule has 2 rings (SSSR count). The number of ether oxygens (including phenoxy) is 1. The highest BCUT2D eigenvalue weighted by Crippen LogP contribution is 2.17. The lowest BCUT2D eigenvalue weighted by atomic mass is 10.4. The third-order valence-electron chi connectivity index (χ3n) is 2.37. The fourth-order valence-electron chi connectivity index (χ4n) is 1.52. The third-order valence-corrected chi connectivity index (χ3v) is 3.19. The second kappa shape index (κ2) is 5.39. The first kappa shape index (κ1) is 10.8. The quantitative estimate of drug-likeness (QED) is 0.794. The van der Waals surface area contributed by atoms with E-state index in [2.05, 4.69) is 19.6 Å². The Morgan fingerprint density at radius 2 is 2.27 bits per heavy atom. The van der Waals surface area contributed by atoms with E-state index in [1.807, 2.05) is 0 Å². The van der Waals surface area contributed by atoms with Gasteiger partial charge in [-0.05, 0) is 0 Å².